The molecule has 4 heteroatoms. The van der Waals surface area contributed by atoms with Gasteiger partial charge in [0.2, 0.25) is 0 Å². The number of nitriles is 1. The first-order valence-electron chi connectivity index (χ1n) is 4.19. The lowest BCUT2D eigenvalue weighted by atomic mass is 10.2. The molecule has 0 saturated carbocycles. The Bertz CT molecular complexity index is 496. The van der Waals surface area contributed by atoms with Crippen molar-refractivity contribution in [2.75, 3.05) is 7.11 Å². The molecule has 0 unspecified atom stereocenters. The van der Waals surface area contributed by atoms with Crippen LogP contribution in [-0.2, 0) is 11.5 Å². The summed E-state index contributed by atoms with van der Waals surface area (Å²) in [5.74, 6) is 0. The fraction of sp³-hybridized carbons (Fsp3) is 0.200. The number of ether oxygens (including phenoxy) is 1. The maximum atomic E-state index is 8.74. The van der Waals surface area contributed by atoms with Gasteiger partial charge in [0.05, 0.1) is 29.0 Å². The predicted octanol–water partition coefficient (Wildman–Crippen LogP) is 1.51. The van der Waals surface area contributed by atoms with Gasteiger partial charge >= 0.3 is 0 Å². The van der Waals surface area contributed by atoms with Crippen molar-refractivity contribution in [3.05, 3.63) is 30.1 Å². The Kier molecular flexibility index (Phi) is 2.17. The Morgan fingerprint density at radius 3 is 3.14 bits per heavy atom. The van der Waals surface area contributed by atoms with Gasteiger partial charge in [-0.15, -0.1) is 0 Å². The smallest absolute Gasteiger partial charge is 0.123 e. The molecule has 0 bridgehead atoms. The number of nitrogens with zero attached hydrogens (tertiary/aromatic N) is 3. The van der Waals surface area contributed by atoms with Crippen LogP contribution in [0.15, 0.2) is 24.5 Å². The molecule has 0 spiro atoms. The molecule has 4 nitrogen and oxygen atoms in total. The summed E-state index contributed by atoms with van der Waals surface area (Å²) in [6.07, 6.45) is 1.70. The average Bonchev–Trinajstić information content (AvgIpc) is 2.61. The average molecular weight is 187 g/mol. The van der Waals surface area contributed by atoms with E-state index in [1.54, 1.807) is 25.6 Å². The van der Waals surface area contributed by atoms with Gasteiger partial charge in [-0.3, -0.25) is 0 Å². The fourth-order valence-electron chi connectivity index (χ4n) is 1.37. The van der Waals surface area contributed by atoms with E-state index in [1.165, 1.54) is 0 Å². The first-order chi connectivity index (χ1) is 6.85. The maximum Gasteiger partial charge on any atom is 0.123 e. The summed E-state index contributed by atoms with van der Waals surface area (Å²) >= 11 is 0. The summed E-state index contributed by atoms with van der Waals surface area (Å²) in [5, 5.41) is 8.74. The van der Waals surface area contributed by atoms with Gasteiger partial charge in [-0.05, 0) is 18.2 Å². The highest BCUT2D eigenvalue weighted by Crippen LogP contribution is 2.14. The van der Waals surface area contributed by atoms with Crippen LogP contribution in [0.1, 0.15) is 5.56 Å². The third-order valence-corrected chi connectivity index (χ3v) is 2.02. The second kappa shape index (κ2) is 3.48. The van der Waals surface area contributed by atoms with Gasteiger partial charge in [-0.1, -0.05) is 0 Å². The second-order valence-electron chi connectivity index (χ2n) is 2.95. The minimum absolute atomic E-state index is 0.450. The molecule has 14 heavy (non-hydrogen) atoms. The molecule has 0 aliphatic rings. The van der Waals surface area contributed by atoms with E-state index in [0.29, 0.717) is 12.3 Å². The van der Waals surface area contributed by atoms with Crippen LogP contribution in [0.25, 0.3) is 11.0 Å². The van der Waals surface area contributed by atoms with Gasteiger partial charge in [0.1, 0.15) is 6.73 Å². The molecular weight excluding hydrogens is 178 g/mol. The van der Waals surface area contributed by atoms with E-state index in [2.05, 4.69) is 11.1 Å². The number of rotatable bonds is 2. The van der Waals surface area contributed by atoms with Crippen LogP contribution >= 0.6 is 0 Å². The lowest BCUT2D eigenvalue weighted by molar-refractivity contribution is 0.134. The van der Waals surface area contributed by atoms with Crippen molar-refractivity contribution in [3.8, 4) is 6.07 Å². The number of aromatic nitrogens is 2. The van der Waals surface area contributed by atoms with Gasteiger partial charge in [0.15, 0.2) is 0 Å². The van der Waals surface area contributed by atoms with E-state index in [0.717, 1.165) is 11.0 Å². The molecular formula is C10H9N3O. The minimum Gasteiger partial charge on any atom is -0.364 e. The maximum absolute atomic E-state index is 8.74. The largest absolute Gasteiger partial charge is 0.364 e. The third kappa shape index (κ3) is 1.34. The number of benzene rings is 1. The SMILES string of the molecule is COCn1cnc2ccc(C#N)cc21. The van der Waals surface area contributed by atoms with Crippen molar-refractivity contribution in [1.29, 1.82) is 5.26 Å². The zero-order valence-electron chi connectivity index (χ0n) is 7.77. The van der Waals surface area contributed by atoms with E-state index >= 15 is 0 Å². The number of hydrogen-bond donors (Lipinski definition) is 0. The van der Waals surface area contributed by atoms with Crippen LogP contribution in [0.4, 0.5) is 0 Å². The van der Waals surface area contributed by atoms with Crippen LogP contribution in [-0.4, -0.2) is 16.7 Å². The van der Waals surface area contributed by atoms with Crippen molar-refractivity contribution < 1.29 is 4.74 Å². The highest BCUT2D eigenvalue weighted by molar-refractivity contribution is 5.76. The molecule has 1 aromatic carbocycles. The van der Waals surface area contributed by atoms with Gasteiger partial charge in [-0.2, -0.15) is 5.26 Å². The molecule has 0 aliphatic carbocycles. The number of fused-ring (bicyclic) bond motifs is 1. The molecule has 0 N–H and O–H groups in total. The first-order valence-corrected chi connectivity index (χ1v) is 4.19. The Morgan fingerprint density at radius 1 is 1.57 bits per heavy atom. The van der Waals surface area contributed by atoms with Crippen LogP contribution in [0.5, 0.6) is 0 Å². The molecule has 0 radical (unpaired) electrons. The standard InChI is InChI=1S/C10H9N3O/c1-14-7-13-6-12-9-3-2-8(5-11)4-10(9)13/h2-4,6H,7H2,1H3. The molecule has 0 fully saturated rings. The van der Waals surface area contributed by atoms with Crippen LogP contribution in [0.3, 0.4) is 0 Å². The summed E-state index contributed by atoms with van der Waals surface area (Å²) < 4.78 is 6.87. The topological polar surface area (TPSA) is 50.8 Å². The van der Waals surface area contributed by atoms with Crippen molar-refractivity contribution in [2.45, 2.75) is 6.73 Å². The van der Waals surface area contributed by atoms with Crippen LogP contribution in [0.2, 0.25) is 0 Å². The van der Waals surface area contributed by atoms with Gasteiger partial charge in [0, 0.05) is 7.11 Å². The summed E-state index contributed by atoms with van der Waals surface area (Å²) in [6, 6.07) is 7.49. The normalized spacial score (nSPS) is 10.3. The van der Waals surface area contributed by atoms with Gasteiger partial charge in [0.25, 0.3) is 0 Å². The van der Waals surface area contributed by atoms with E-state index in [9.17, 15) is 0 Å². The Balaban J connectivity index is 2.59. The fourth-order valence-corrected chi connectivity index (χ4v) is 1.37. The van der Waals surface area contributed by atoms with E-state index in [1.807, 2.05) is 10.6 Å². The lowest BCUT2D eigenvalue weighted by Gasteiger charge is -2.01. The van der Waals surface area contributed by atoms with E-state index in [4.69, 9.17) is 10.00 Å². The van der Waals surface area contributed by atoms with Crippen molar-refractivity contribution >= 4 is 11.0 Å². The number of methoxy groups -OCH3 is 1. The minimum atomic E-state index is 0.450. The quantitative estimate of drug-likeness (QED) is 0.716. The molecule has 2 rings (SSSR count). The van der Waals surface area contributed by atoms with Gasteiger partial charge in [-0.25, -0.2) is 4.98 Å². The number of hydrogen-bond acceptors (Lipinski definition) is 3. The molecule has 0 amide bonds. The van der Waals surface area contributed by atoms with Crippen LogP contribution in [0, 0.1) is 11.3 Å². The summed E-state index contributed by atoms with van der Waals surface area (Å²) in [5.41, 5.74) is 2.43. The van der Waals surface area contributed by atoms with Crippen molar-refractivity contribution in [1.82, 2.24) is 9.55 Å². The highest BCUT2D eigenvalue weighted by Gasteiger charge is 2.02. The summed E-state index contributed by atoms with van der Waals surface area (Å²) in [6.45, 7) is 0.450. The zero-order chi connectivity index (χ0) is 9.97. The molecule has 0 aliphatic heterocycles. The molecule has 70 valence electrons. The predicted molar refractivity (Wildman–Crippen MR) is 51.5 cm³/mol. The molecule has 2 aromatic rings. The Labute approximate surface area is 81.4 Å². The third-order valence-electron chi connectivity index (χ3n) is 2.02. The molecule has 0 saturated heterocycles. The summed E-state index contributed by atoms with van der Waals surface area (Å²) in [4.78, 5) is 4.19. The second-order valence-corrected chi connectivity index (χ2v) is 2.95. The van der Waals surface area contributed by atoms with E-state index < -0.39 is 0 Å². The Hall–Kier alpha value is -1.86. The van der Waals surface area contributed by atoms with Gasteiger partial charge < -0.3 is 9.30 Å². The summed E-state index contributed by atoms with van der Waals surface area (Å²) in [7, 11) is 1.62. The monoisotopic (exact) mass is 187 g/mol. The van der Waals surface area contributed by atoms with E-state index in [-0.39, 0.29) is 0 Å². The van der Waals surface area contributed by atoms with Crippen LogP contribution < -0.4 is 0 Å². The number of imidazole rings is 1. The molecule has 1 heterocycles. The highest BCUT2D eigenvalue weighted by atomic mass is 16.5. The molecule has 0 atom stereocenters. The zero-order valence-corrected chi connectivity index (χ0v) is 7.77. The first kappa shape index (κ1) is 8.73. The lowest BCUT2D eigenvalue weighted by Crippen LogP contribution is -1.97. The van der Waals surface area contributed by atoms with Crippen molar-refractivity contribution in [2.24, 2.45) is 0 Å². The molecule has 1 aromatic heterocycles. The Morgan fingerprint density at radius 2 is 2.43 bits per heavy atom. The van der Waals surface area contributed by atoms with Crippen molar-refractivity contribution in [3.63, 3.8) is 0 Å².